The fourth-order valence-corrected chi connectivity index (χ4v) is 0.468. The van der Waals surface area contributed by atoms with Crippen molar-refractivity contribution in [1.82, 2.24) is 4.90 Å². The van der Waals surface area contributed by atoms with Gasteiger partial charge in [-0.2, -0.15) is 0 Å². The summed E-state index contributed by atoms with van der Waals surface area (Å²) in [6.45, 7) is 11.5. The van der Waals surface area contributed by atoms with Gasteiger partial charge in [-0.05, 0) is 25.6 Å². The molecule has 10 heavy (non-hydrogen) atoms. The minimum atomic E-state index is 1.09. The van der Waals surface area contributed by atoms with Crippen molar-refractivity contribution in [3.8, 4) is 0 Å². The second-order valence-electron chi connectivity index (χ2n) is 2.44. The lowest BCUT2D eigenvalue weighted by atomic mass is 10.2. The Morgan fingerprint density at radius 2 is 1.90 bits per heavy atom. The topological polar surface area (TPSA) is 3.24 Å². The van der Waals surface area contributed by atoms with Gasteiger partial charge in [-0.3, -0.25) is 0 Å². The van der Waals surface area contributed by atoms with E-state index in [2.05, 4.69) is 13.2 Å². The summed E-state index contributed by atoms with van der Waals surface area (Å²) in [5.74, 6) is 0. The van der Waals surface area contributed by atoms with Gasteiger partial charge in [0.15, 0.2) is 0 Å². The molecular formula is C9H15N. The Labute approximate surface area is 63.3 Å². The Morgan fingerprint density at radius 1 is 1.40 bits per heavy atom. The molecule has 0 aliphatic rings. The smallest absolute Gasteiger partial charge is 0.0106 e. The predicted octanol–water partition coefficient (Wildman–Crippen LogP) is 2.54. The molecule has 0 spiro atoms. The molecule has 0 aliphatic heterocycles. The summed E-state index contributed by atoms with van der Waals surface area (Å²) in [6, 6.07) is 0. The third kappa shape index (κ3) is 3.13. The van der Waals surface area contributed by atoms with Crippen LogP contribution in [0.3, 0.4) is 0 Å². The number of rotatable bonds is 3. The van der Waals surface area contributed by atoms with Crippen LogP contribution >= 0.6 is 0 Å². The highest BCUT2D eigenvalue weighted by atomic mass is 15.0. The summed E-state index contributed by atoms with van der Waals surface area (Å²) >= 11 is 0. The van der Waals surface area contributed by atoms with Crippen molar-refractivity contribution in [3.63, 3.8) is 0 Å². The molecule has 0 unspecified atom stereocenters. The monoisotopic (exact) mass is 137 g/mol. The molecule has 0 saturated heterocycles. The molecule has 0 aliphatic carbocycles. The summed E-state index contributed by atoms with van der Waals surface area (Å²) in [5, 5.41) is 0. The third-order valence-electron chi connectivity index (χ3n) is 1.36. The number of nitrogens with zero attached hydrogens (tertiary/aromatic N) is 1. The third-order valence-corrected chi connectivity index (χ3v) is 1.36. The minimum absolute atomic E-state index is 1.09. The minimum Gasteiger partial charge on any atom is -0.358 e. The summed E-state index contributed by atoms with van der Waals surface area (Å²) in [4.78, 5) is 1.91. The van der Waals surface area contributed by atoms with E-state index < -0.39 is 0 Å². The maximum Gasteiger partial charge on any atom is 0.0106 e. The van der Waals surface area contributed by atoms with E-state index in [4.69, 9.17) is 0 Å². The molecule has 56 valence electrons. The lowest BCUT2D eigenvalue weighted by Crippen LogP contribution is -2.00. The van der Waals surface area contributed by atoms with Crippen LogP contribution < -0.4 is 0 Å². The van der Waals surface area contributed by atoms with Crippen LogP contribution in [0.5, 0.6) is 0 Å². The molecule has 1 nitrogen and oxygen atoms in total. The van der Waals surface area contributed by atoms with Crippen molar-refractivity contribution >= 4 is 0 Å². The molecular weight excluding hydrogens is 122 g/mol. The van der Waals surface area contributed by atoms with Crippen molar-refractivity contribution in [3.05, 3.63) is 36.7 Å². The normalized spacial score (nSPS) is 10.9. The van der Waals surface area contributed by atoms with E-state index in [1.165, 1.54) is 5.57 Å². The second-order valence-corrected chi connectivity index (χ2v) is 2.44. The molecule has 0 aromatic heterocycles. The summed E-state index contributed by atoms with van der Waals surface area (Å²) in [7, 11) is 1.94. The van der Waals surface area contributed by atoms with E-state index in [0.29, 0.717) is 0 Å². The lowest BCUT2D eigenvalue weighted by molar-refractivity contribution is 0.622. The van der Waals surface area contributed by atoms with Gasteiger partial charge in [0.2, 0.25) is 0 Å². The standard InChI is InChI=1S/C9H15N/c1-6-10(5)7-9(4)8(2)3/h6-7H,1-2H2,3-5H3/b9-7+. The molecule has 0 aromatic carbocycles. The Kier molecular flexibility index (Phi) is 3.55. The van der Waals surface area contributed by atoms with Gasteiger partial charge in [0.05, 0.1) is 0 Å². The number of hydrogen-bond donors (Lipinski definition) is 0. The van der Waals surface area contributed by atoms with Crippen molar-refractivity contribution in [1.29, 1.82) is 0 Å². The second kappa shape index (κ2) is 3.94. The van der Waals surface area contributed by atoms with Crippen LogP contribution in [0.25, 0.3) is 0 Å². The van der Waals surface area contributed by atoms with Gasteiger partial charge in [-0.25, -0.2) is 0 Å². The van der Waals surface area contributed by atoms with Crippen LogP contribution in [-0.2, 0) is 0 Å². The molecule has 0 rings (SSSR count). The first-order chi connectivity index (χ1) is 4.57. The molecule has 0 amide bonds. The molecule has 0 bridgehead atoms. The Balaban J connectivity index is 4.15. The molecule has 0 aromatic rings. The molecule has 0 heterocycles. The van der Waals surface area contributed by atoms with Crippen molar-refractivity contribution in [2.24, 2.45) is 0 Å². The van der Waals surface area contributed by atoms with Gasteiger partial charge in [-0.1, -0.05) is 18.7 Å². The average molecular weight is 137 g/mol. The van der Waals surface area contributed by atoms with Gasteiger partial charge < -0.3 is 4.90 Å². The Morgan fingerprint density at radius 3 is 2.20 bits per heavy atom. The molecule has 1 heteroatoms. The van der Waals surface area contributed by atoms with E-state index >= 15 is 0 Å². The largest absolute Gasteiger partial charge is 0.358 e. The quantitative estimate of drug-likeness (QED) is 0.540. The molecule has 0 N–H and O–H groups in total. The highest BCUT2D eigenvalue weighted by Crippen LogP contribution is 2.05. The van der Waals surface area contributed by atoms with Crippen LogP contribution in [-0.4, -0.2) is 11.9 Å². The van der Waals surface area contributed by atoms with Gasteiger partial charge >= 0.3 is 0 Å². The highest BCUT2D eigenvalue weighted by Gasteiger charge is 1.88. The predicted molar refractivity (Wildman–Crippen MR) is 46.5 cm³/mol. The SMILES string of the molecule is C=CN(C)/C=C(\C)C(=C)C. The molecule has 0 fully saturated rings. The van der Waals surface area contributed by atoms with E-state index in [9.17, 15) is 0 Å². The van der Waals surface area contributed by atoms with Gasteiger partial charge in [-0.15, -0.1) is 0 Å². The van der Waals surface area contributed by atoms with Crippen LogP contribution in [0, 0.1) is 0 Å². The average Bonchev–Trinajstić information content (AvgIpc) is 1.87. The zero-order chi connectivity index (χ0) is 8.15. The zero-order valence-corrected chi connectivity index (χ0v) is 7.02. The van der Waals surface area contributed by atoms with Crippen LogP contribution in [0.1, 0.15) is 13.8 Å². The van der Waals surface area contributed by atoms with Crippen LogP contribution in [0.15, 0.2) is 36.7 Å². The van der Waals surface area contributed by atoms with E-state index in [0.717, 1.165) is 5.57 Å². The van der Waals surface area contributed by atoms with Gasteiger partial charge in [0, 0.05) is 13.2 Å². The zero-order valence-electron chi connectivity index (χ0n) is 7.02. The van der Waals surface area contributed by atoms with Crippen molar-refractivity contribution < 1.29 is 0 Å². The highest BCUT2D eigenvalue weighted by molar-refractivity contribution is 5.23. The van der Waals surface area contributed by atoms with E-state index in [1.807, 2.05) is 32.0 Å². The van der Waals surface area contributed by atoms with Crippen LogP contribution in [0.4, 0.5) is 0 Å². The first-order valence-electron chi connectivity index (χ1n) is 3.26. The van der Waals surface area contributed by atoms with Crippen LogP contribution in [0.2, 0.25) is 0 Å². The fourth-order valence-electron chi connectivity index (χ4n) is 0.468. The van der Waals surface area contributed by atoms with Crippen molar-refractivity contribution in [2.75, 3.05) is 7.05 Å². The first-order valence-corrected chi connectivity index (χ1v) is 3.26. The van der Waals surface area contributed by atoms with E-state index in [-0.39, 0.29) is 0 Å². The van der Waals surface area contributed by atoms with E-state index in [1.54, 1.807) is 6.20 Å². The molecule has 0 saturated carbocycles. The number of allylic oxidation sites excluding steroid dienone is 2. The summed E-state index contributed by atoms with van der Waals surface area (Å²) in [5.41, 5.74) is 2.27. The molecule has 0 radical (unpaired) electrons. The Hall–Kier alpha value is -0.980. The van der Waals surface area contributed by atoms with Gasteiger partial charge in [0.25, 0.3) is 0 Å². The van der Waals surface area contributed by atoms with Gasteiger partial charge in [0.1, 0.15) is 0 Å². The maximum atomic E-state index is 3.81. The summed E-state index contributed by atoms with van der Waals surface area (Å²) in [6.07, 6.45) is 3.75. The summed E-state index contributed by atoms with van der Waals surface area (Å²) < 4.78 is 0. The van der Waals surface area contributed by atoms with Crippen molar-refractivity contribution in [2.45, 2.75) is 13.8 Å². The first kappa shape index (κ1) is 9.02. The fraction of sp³-hybridized carbons (Fsp3) is 0.333. The molecule has 0 atom stereocenters. The Bertz CT molecular complexity index is 166. The maximum absolute atomic E-state index is 3.81. The number of hydrogen-bond acceptors (Lipinski definition) is 1. The lowest BCUT2D eigenvalue weighted by Gasteiger charge is -2.08.